The number of carbonyl (C=O) groups is 2. The largest absolute Gasteiger partial charge is 0.352 e. The Morgan fingerprint density at radius 2 is 1.69 bits per heavy atom. The zero-order valence-corrected chi connectivity index (χ0v) is 23.5. The summed E-state index contributed by atoms with van der Waals surface area (Å²) in [4.78, 5) is 27.9. The molecular weight excluding hydrogens is 474 g/mol. The van der Waals surface area contributed by atoms with Crippen LogP contribution in [0.2, 0.25) is 0 Å². The van der Waals surface area contributed by atoms with Gasteiger partial charge >= 0.3 is 0 Å². The number of anilines is 1. The number of aryl methyl sites for hydroxylation is 2. The Morgan fingerprint density at radius 3 is 2.31 bits per heavy atom. The Hall–Kier alpha value is -2.87. The Morgan fingerprint density at radius 1 is 1.03 bits per heavy atom. The monoisotopic (exact) mass is 515 g/mol. The first-order valence-electron chi connectivity index (χ1n) is 12.5. The second-order valence-electron chi connectivity index (χ2n) is 9.66. The number of sulfonamides is 1. The molecule has 0 bridgehead atoms. The summed E-state index contributed by atoms with van der Waals surface area (Å²) in [6.07, 6.45) is 2.44. The van der Waals surface area contributed by atoms with Crippen molar-refractivity contribution in [1.29, 1.82) is 0 Å². The fourth-order valence-corrected chi connectivity index (χ4v) is 5.06. The number of carbonyl (C=O) groups excluding carboxylic acids is 2. The third-order valence-electron chi connectivity index (χ3n) is 6.60. The van der Waals surface area contributed by atoms with Crippen LogP contribution in [0.4, 0.5) is 5.69 Å². The molecule has 1 N–H and O–H groups in total. The Balaban J connectivity index is 2.21. The molecule has 0 aliphatic carbocycles. The van der Waals surface area contributed by atoms with Crippen molar-refractivity contribution >= 4 is 27.5 Å². The van der Waals surface area contributed by atoms with Gasteiger partial charge in [-0.15, -0.1) is 0 Å². The summed E-state index contributed by atoms with van der Waals surface area (Å²) in [5.41, 5.74) is 4.55. The molecule has 7 nitrogen and oxygen atoms in total. The van der Waals surface area contributed by atoms with Crippen LogP contribution in [-0.2, 0) is 26.2 Å². The van der Waals surface area contributed by atoms with Gasteiger partial charge in [-0.3, -0.25) is 13.9 Å². The molecule has 0 unspecified atom stereocenters. The molecule has 0 aliphatic heterocycles. The van der Waals surface area contributed by atoms with E-state index >= 15 is 0 Å². The van der Waals surface area contributed by atoms with Crippen LogP contribution in [-0.4, -0.2) is 50.0 Å². The number of nitrogens with one attached hydrogen (secondary N) is 1. The molecule has 36 heavy (non-hydrogen) atoms. The van der Waals surface area contributed by atoms with Crippen LogP contribution in [0.3, 0.4) is 0 Å². The topological polar surface area (TPSA) is 86.8 Å². The van der Waals surface area contributed by atoms with Crippen LogP contribution in [0.15, 0.2) is 42.5 Å². The summed E-state index contributed by atoms with van der Waals surface area (Å²) in [7, 11) is -3.53. The van der Waals surface area contributed by atoms with E-state index < -0.39 is 16.1 Å². The second kappa shape index (κ2) is 12.9. The molecule has 0 spiro atoms. The third kappa shape index (κ3) is 8.08. The first-order chi connectivity index (χ1) is 16.8. The molecule has 198 valence electrons. The highest BCUT2D eigenvalue weighted by molar-refractivity contribution is 7.92. The maximum atomic E-state index is 13.4. The number of benzene rings is 2. The molecule has 0 fully saturated rings. The normalized spacial score (nSPS) is 13.1. The van der Waals surface area contributed by atoms with Crippen molar-refractivity contribution in [1.82, 2.24) is 10.2 Å². The summed E-state index contributed by atoms with van der Waals surface area (Å²) in [5.74, 6) is -0.378. The zero-order chi connectivity index (χ0) is 27.0. The highest BCUT2D eigenvalue weighted by Crippen LogP contribution is 2.25. The van der Waals surface area contributed by atoms with E-state index in [1.165, 1.54) is 10.6 Å². The molecule has 0 saturated heterocycles. The highest BCUT2D eigenvalue weighted by Gasteiger charge is 2.27. The molecule has 0 heterocycles. The van der Waals surface area contributed by atoms with Crippen LogP contribution in [0.25, 0.3) is 0 Å². The number of amides is 2. The second-order valence-corrected chi connectivity index (χ2v) is 11.6. The van der Waals surface area contributed by atoms with Crippen LogP contribution < -0.4 is 9.62 Å². The van der Waals surface area contributed by atoms with E-state index in [2.05, 4.69) is 5.32 Å². The van der Waals surface area contributed by atoms with Crippen LogP contribution in [0, 0.1) is 20.8 Å². The maximum absolute atomic E-state index is 13.4. The van der Waals surface area contributed by atoms with E-state index in [1.807, 2.05) is 71.0 Å². The van der Waals surface area contributed by atoms with Crippen LogP contribution >= 0.6 is 0 Å². The van der Waals surface area contributed by atoms with Crippen molar-refractivity contribution in [3.8, 4) is 0 Å². The third-order valence-corrected chi connectivity index (χ3v) is 7.78. The summed E-state index contributed by atoms with van der Waals surface area (Å²) in [6, 6.07) is 12.8. The van der Waals surface area contributed by atoms with Crippen molar-refractivity contribution in [2.45, 2.75) is 79.4 Å². The Labute approximate surface area is 216 Å². The average molecular weight is 516 g/mol. The first kappa shape index (κ1) is 29.4. The van der Waals surface area contributed by atoms with Crippen LogP contribution in [0.1, 0.15) is 62.3 Å². The molecule has 0 radical (unpaired) electrons. The molecule has 0 aliphatic rings. The minimum atomic E-state index is -3.53. The summed E-state index contributed by atoms with van der Waals surface area (Å²) in [5, 5.41) is 2.97. The standard InChI is InChI=1S/C28H41N3O4S/c1-8-22(4)29-28(33)24(6)30(19-25-14-9-12-20(2)18-25)27(32)16-11-17-31(36(7,34)35)26-15-10-13-21(3)23(26)5/h9-10,12-15,18,22,24H,8,11,16-17,19H2,1-7H3,(H,29,33)/t22-,24-/m1/s1. The van der Waals surface area contributed by atoms with E-state index in [9.17, 15) is 18.0 Å². The van der Waals surface area contributed by atoms with Crippen molar-refractivity contribution in [2.75, 3.05) is 17.1 Å². The van der Waals surface area contributed by atoms with Gasteiger partial charge in [0, 0.05) is 25.6 Å². The fourth-order valence-electron chi connectivity index (χ4n) is 4.04. The van der Waals surface area contributed by atoms with E-state index in [0.29, 0.717) is 18.7 Å². The molecule has 2 amide bonds. The van der Waals surface area contributed by atoms with Gasteiger partial charge < -0.3 is 10.2 Å². The van der Waals surface area contributed by atoms with E-state index in [4.69, 9.17) is 0 Å². The lowest BCUT2D eigenvalue weighted by molar-refractivity contribution is -0.140. The lowest BCUT2D eigenvalue weighted by Crippen LogP contribution is -2.49. The summed E-state index contributed by atoms with van der Waals surface area (Å²) >= 11 is 0. The SMILES string of the molecule is CC[C@@H](C)NC(=O)[C@@H](C)N(Cc1cccc(C)c1)C(=O)CCCN(c1cccc(C)c1C)S(C)(=O)=O. The first-order valence-corrected chi connectivity index (χ1v) is 14.4. The number of rotatable bonds is 12. The van der Waals surface area contributed by atoms with Gasteiger partial charge in [0.05, 0.1) is 11.9 Å². The summed E-state index contributed by atoms with van der Waals surface area (Å²) < 4.78 is 26.5. The molecule has 2 aromatic carbocycles. The van der Waals surface area contributed by atoms with Gasteiger partial charge in [0.15, 0.2) is 0 Å². The summed E-state index contributed by atoms with van der Waals surface area (Å²) in [6.45, 7) is 12.0. The average Bonchev–Trinajstić information content (AvgIpc) is 2.81. The quantitative estimate of drug-likeness (QED) is 0.451. The predicted molar refractivity (Wildman–Crippen MR) is 146 cm³/mol. The van der Waals surface area contributed by atoms with Gasteiger partial charge in [-0.05, 0) is 70.2 Å². The minimum absolute atomic E-state index is 0.0109. The highest BCUT2D eigenvalue weighted by atomic mass is 32.2. The smallest absolute Gasteiger partial charge is 0.242 e. The number of hydrogen-bond donors (Lipinski definition) is 1. The molecule has 2 atom stereocenters. The lowest BCUT2D eigenvalue weighted by Gasteiger charge is -2.30. The van der Waals surface area contributed by atoms with E-state index in [1.54, 1.807) is 17.9 Å². The Bertz CT molecular complexity index is 1160. The van der Waals surface area contributed by atoms with Gasteiger partial charge in [-0.25, -0.2) is 8.42 Å². The van der Waals surface area contributed by atoms with Crippen molar-refractivity contribution in [3.63, 3.8) is 0 Å². The molecule has 2 rings (SSSR count). The van der Waals surface area contributed by atoms with Gasteiger partial charge in [-0.1, -0.05) is 48.9 Å². The van der Waals surface area contributed by atoms with Crippen molar-refractivity contribution in [3.05, 3.63) is 64.7 Å². The molecule has 0 aromatic heterocycles. The van der Waals surface area contributed by atoms with Crippen molar-refractivity contribution < 1.29 is 18.0 Å². The van der Waals surface area contributed by atoms with Gasteiger partial charge in [0.1, 0.15) is 6.04 Å². The fraction of sp³-hybridized carbons (Fsp3) is 0.500. The van der Waals surface area contributed by atoms with Gasteiger partial charge in [-0.2, -0.15) is 0 Å². The molecular formula is C28H41N3O4S. The predicted octanol–water partition coefficient (Wildman–Crippen LogP) is 4.49. The minimum Gasteiger partial charge on any atom is -0.352 e. The zero-order valence-electron chi connectivity index (χ0n) is 22.7. The van der Waals surface area contributed by atoms with Gasteiger partial charge in [0.25, 0.3) is 0 Å². The van der Waals surface area contributed by atoms with Crippen LogP contribution in [0.5, 0.6) is 0 Å². The molecule has 8 heteroatoms. The van der Waals surface area contributed by atoms with E-state index in [0.717, 1.165) is 28.7 Å². The Kier molecular flexibility index (Phi) is 10.5. The lowest BCUT2D eigenvalue weighted by atomic mass is 10.1. The number of nitrogens with zero attached hydrogens (tertiary/aromatic N) is 2. The number of hydrogen-bond acceptors (Lipinski definition) is 4. The van der Waals surface area contributed by atoms with E-state index in [-0.39, 0.29) is 30.8 Å². The van der Waals surface area contributed by atoms with Crippen molar-refractivity contribution in [2.24, 2.45) is 0 Å². The molecule has 2 aromatic rings. The molecule has 0 saturated carbocycles. The maximum Gasteiger partial charge on any atom is 0.242 e. The van der Waals surface area contributed by atoms with Gasteiger partial charge in [0.2, 0.25) is 21.8 Å².